The minimum Gasteiger partial charge on any atom is -0.268 e. The van der Waals surface area contributed by atoms with Crippen LogP contribution in [0.15, 0.2) is 23.4 Å². The molecule has 5 nitrogen and oxygen atoms in total. The highest BCUT2D eigenvalue weighted by Crippen LogP contribution is 2.28. The van der Waals surface area contributed by atoms with Gasteiger partial charge < -0.3 is 0 Å². The maximum atomic E-state index is 12.1. The Morgan fingerprint density at radius 1 is 1.21 bits per heavy atom. The molecule has 1 aromatic rings. The van der Waals surface area contributed by atoms with Crippen molar-refractivity contribution in [3.63, 3.8) is 0 Å². The van der Waals surface area contributed by atoms with Gasteiger partial charge in [-0.1, -0.05) is 12.8 Å². The number of nitrogens with zero attached hydrogens (tertiary/aromatic N) is 2. The fraction of sp³-hybridized carbons (Fsp3) is 0.500. The Morgan fingerprint density at radius 2 is 1.95 bits per heavy atom. The summed E-state index contributed by atoms with van der Waals surface area (Å²) in [4.78, 5) is 15.8. The molecule has 0 spiro atoms. The van der Waals surface area contributed by atoms with E-state index in [1.54, 1.807) is 6.07 Å². The van der Waals surface area contributed by atoms with Crippen LogP contribution in [-0.2, 0) is 10.0 Å². The minimum atomic E-state index is -3.74. The van der Waals surface area contributed by atoms with Gasteiger partial charge in [0.25, 0.3) is 15.9 Å². The van der Waals surface area contributed by atoms with Crippen LogP contribution in [0.4, 0.5) is 0 Å². The van der Waals surface area contributed by atoms with Gasteiger partial charge in [0.05, 0.1) is 5.56 Å². The molecule has 0 saturated carbocycles. The van der Waals surface area contributed by atoms with Crippen molar-refractivity contribution in [1.82, 2.24) is 9.29 Å². The van der Waals surface area contributed by atoms with E-state index in [1.165, 1.54) is 12.3 Å². The lowest BCUT2D eigenvalue weighted by Crippen LogP contribution is -2.31. The number of halogens is 1. The molecule has 1 amide bonds. The first-order chi connectivity index (χ1) is 9.09. The first-order valence-electron chi connectivity index (χ1n) is 6.17. The maximum absolute atomic E-state index is 12.1. The molecule has 0 aliphatic carbocycles. The van der Waals surface area contributed by atoms with Crippen molar-refractivity contribution in [2.24, 2.45) is 0 Å². The van der Waals surface area contributed by atoms with E-state index in [1.807, 2.05) is 0 Å². The molecule has 0 saturated heterocycles. The molecular weight excluding hydrogens is 288 g/mol. The van der Waals surface area contributed by atoms with E-state index in [0.29, 0.717) is 12.3 Å². The summed E-state index contributed by atoms with van der Waals surface area (Å²) in [6.07, 6.45) is 4.74. The second-order valence-corrected chi connectivity index (χ2v) is 6.50. The summed E-state index contributed by atoms with van der Waals surface area (Å²) in [5.41, 5.74) is 0.170. The smallest absolute Gasteiger partial charge is 0.268 e. The Morgan fingerprint density at radius 3 is 2.63 bits per heavy atom. The third kappa shape index (κ3) is 2.74. The van der Waals surface area contributed by atoms with E-state index < -0.39 is 15.9 Å². The zero-order valence-electron chi connectivity index (χ0n) is 10.4. The largest absolute Gasteiger partial charge is 0.285 e. The van der Waals surface area contributed by atoms with Crippen LogP contribution in [0.25, 0.3) is 0 Å². The molecule has 2 heterocycles. The van der Waals surface area contributed by atoms with Crippen molar-refractivity contribution in [2.75, 3.05) is 12.4 Å². The zero-order valence-corrected chi connectivity index (χ0v) is 12.0. The molecule has 0 unspecified atom stereocenters. The summed E-state index contributed by atoms with van der Waals surface area (Å²) in [6, 6.07) is 3.06. The predicted molar refractivity (Wildman–Crippen MR) is 71.6 cm³/mol. The normalized spacial score (nSPS) is 16.7. The van der Waals surface area contributed by atoms with Gasteiger partial charge in [-0.25, -0.2) is 9.29 Å². The fourth-order valence-electron chi connectivity index (χ4n) is 2.03. The number of carbonyl (C=O) groups is 1. The van der Waals surface area contributed by atoms with Gasteiger partial charge in [-0.3, -0.25) is 4.79 Å². The lowest BCUT2D eigenvalue weighted by Gasteiger charge is -2.14. The number of sulfonamides is 1. The van der Waals surface area contributed by atoms with E-state index >= 15 is 0 Å². The number of hydrogen-bond donors (Lipinski definition) is 0. The summed E-state index contributed by atoms with van der Waals surface area (Å²) in [5, 5.41) is -0.124. The fourth-order valence-corrected chi connectivity index (χ4v) is 3.74. The number of carbonyl (C=O) groups excluding carboxylic acids is 1. The van der Waals surface area contributed by atoms with Crippen molar-refractivity contribution in [1.29, 1.82) is 0 Å². The standard InChI is InChI=1S/C12H15ClN2O3S/c13-7-3-1-2-4-9-15-12(16)10-6-5-8-14-11(10)19(15,17)18/h5-6,8H,1-4,7,9H2. The van der Waals surface area contributed by atoms with Crippen molar-refractivity contribution < 1.29 is 13.2 Å². The molecule has 0 radical (unpaired) electrons. The highest BCUT2D eigenvalue weighted by atomic mass is 35.5. The van der Waals surface area contributed by atoms with Crippen LogP contribution in [0, 0.1) is 0 Å². The monoisotopic (exact) mass is 302 g/mol. The molecule has 0 fully saturated rings. The van der Waals surface area contributed by atoms with E-state index in [4.69, 9.17) is 11.6 Å². The van der Waals surface area contributed by atoms with Crippen molar-refractivity contribution in [3.8, 4) is 0 Å². The quantitative estimate of drug-likeness (QED) is 0.595. The van der Waals surface area contributed by atoms with E-state index in [2.05, 4.69) is 4.98 Å². The van der Waals surface area contributed by atoms with Crippen LogP contribution in [0.2, 0.25) is 0 Å². The topological polar surface area (TPSA) is 67.3 Å². The number of aromatic nitrogens is 1. The third-order valence-electron chi connectivity index (χ3n) is 3.01. The summed E-state index contributed by atoms with van der Waals surface area (Å²) in [6.45, 7) is 0.208. The zero-order chi connectivity index (χ0) is 13.9. The number of pyridine rings is 1. The molecule has 104 valence electrons. The summed E-state index contributed by atoms with van der Waals surface area (Å²) in [5.74, 6) is 0.136. The number of unbranched alkanes of at least 4 members (excludes halogenated alkanes) is 3. The summed E-state index contributed by atoms with van der Waals surface area (Å²) >= 11 is 5.57. The summed E-state index contributed by atoms with van der Waals surface area (Å²) < 4.78 is 25.2. The van der Waals surface area contributed by atoms with Gasteiger partial charge >= 0.3 is 0 Å². The highest BCUT2D eigenvalue weighted by molar-refractivity contribution is 7.90. The van der Waals surface area contributed by atoms with Gasteiger partial charge in [0.15, 0.2) is 5.03 Å². The van der Waals surface area contributed by atoms with E-state index in [9.17, 15) is 13.2 Å². The van der Waals surface area contributed by atoms with E-state index in [0.717, 1.165) is 23.6 Å². The molecule has 2 rings (SSSR count). The van der Waals surface area contributed by atoms with Crippen LogP contribution >= 0.6 is 11.6 Å². The lowest BCUT2D eigenvalue weighted by atomic mass is 10.2. The number of hydrogen-bond acceptors (Lipinski definition) is 4. The van der Waals surface area contributed by atoms with Gasteiger partial charge in [0.2, 0.25) is 0 Å². The average molecular weight is 303 g/mol. The average Bonchev–Trinajstić information content (AvgIpc) is 2.60. The first-order valence-corrected chi connectivity index (χ1v) is 8.14. The number of rotatable bonds is 6. The molecule has 1 aliphatic heterocycles. The van der Waals surface area contributed by atoms with Crippen molar-refractivity contribution in [2.45, 2.75) is 30.7 Å². The summed E-state index contributed by atoms with van der Waals surface area (Å²) in [7, 11) is -3.74. The minimum absolute atomic E-state index is 0.124. The number of alkyl halides is 1. The molecule has 19 heavy (non-hydrogen) atoms. The van der Waals surface area contributed by atoms with Crippen LogP contribution in [0.1, 0.15) is 36.0 Å². The highest BCUT2D eigenvalue weighted by Gasteiger charge is 2.41. The SMILES string of the molecule is O=C1c2cccnc2S(=O)(=O)N1CCCCCCCl. The second kappa shape index (κ2) is 5.88. The lowest BCUT2D eigenvalue weighted by molar-refractivity contribution is 0.0869. The van der Waals surface area contributed by atoms with Crippen LogP contribution in [0.3, 0.4) is 0 Å². The van der Waals surface area contributed by atoms with Gasteiger partial charge in [0.1, 0.15) is 0 Å². The van der Waals surface area contributed by atoms with Crippen LogP contribution in [0.5, 0.6) is 0 Å². The third-order valence-corrected chi connectivity index (χ3v) is 5.02. The Hall–Kier alpha value is -1.14. The second-order valence-electron chi connectivity index (χ2n) is 4.34. The predicted octanol–water partition coefficient (Wildman–Crippen LogP) is 2.03. The molecule has 0 bridgehead atoms. The Labute approximate surface area is 117 Å². The molecule has 0 atom stereocenters. The molecule has 1 aliphatic rings. The molecular formula is C12H15ClN2O3S. The van der Waals surface area contributed by atoms with E-state index in [-0.39, 0.29) is 17.1 Å². The molecule has 7 heteroatoms. The van der Waals surface area contributed by atoms with Gasteiger partial charge in [0, 0.05) is 18.6 Å². The Balaban J connectivity index is 2.06. The Bertz CT molecular complexity index is 574. The maximum Gasteiger partial charge on any atom is 0.285 e. The van der Waals surface area contributed by atoms with Gasteiger partial charge in [-0.2, -0.15) is 8.42 Å². The number of amides is 1. The van der Waals surface area contributed by atoms with Crippen LogP contribution < -0.4 is 0 Å². The number of fused-ring (bicyclic) bond motifs is 1. The molecule has 1 aromatic heterocycles. The van der Waals surface area contributed by atoms with Crippen LogP contribution in [-0.4, -0.2) is 36.0 Å². The first kappa shape index (κ1) is 14.3. The molecule has 0 aromatic carbocycles. The van der Waals surface area contributed by atoms with Crippen molar-refractivity contribution in [3.05, 3.63) is 23.9 Å². The van der Waals surface area contributed by atoms with Gasteiger partial charge in [-0.15, -0.1) is 11.6 Å². The molecule has 0 N–H and O–H groups in total. The van der Waals surface area contributed by atoms with Gasteiger partial charge in [-0.05, 0) is 25.0 Å². The Kier molecular flexibility index (Phi) is 4.42. The van der Waals surface area contributed by atoms with Crippen molar-refractivity contribution >= 4 is 27.5 Å².